The van der Waals surface area contributed by atoms with E-state index in [2.05, 4.69) is 18.7 Å². The van der Waals surface area contributed by atoms with Crippen molar-refractivity contribution in [2.24, 2.45) is 17.6 Å². The predicted molar refractivity (Wildman–Crippen MR) is 43.8 cm³/mol. The number of nitrogens with zero attached hydrogens (tertiary/aromatic N) is 1. The van der Waals surface area contributed by atoms with Gasteiger partial charge in [-0.15, -0.1) is 0 Å². The molecule has 60 valence electrons. The van der Waals surface area contributed by atoms with Crippen molar-refractivity contribution in [1.82, 2.24) is 4.90 Å². The lowest BCUT2D eigenvalue weighted by Gasteiger charge is -2.41. The first-order valence-electron chi connectivity index (χ1n) is 4.16. The predicted octanol–water partition coefficient (Wildman–Crippen LogP) is 0.533. The first kappa shape index (κ1) is 8.02. The molecule has 0 saturated carbocycles. The fourth-order valence-electron chi connectivity index (χ4n) is 1.40. The summed E-state index contributed by atoms with van der Waals surface area (Å²) in [6.07, 6.45) is 0. The van der Waals surface area contributed by atoms with Gasteiger partial charge in [-0.2, -0.15) is 0 Å². The highest BCUT2D eigenvalue weighted by atomic mass is 15.2. The van der Waals surface area contributed by atoms with Crippen LogP contribution in [0.4, 0.5) is 0 Å². The standard InChI is InChI=1S/C8H18N2/c1-7(2)8-5-10(6-8)4-3-9/h7-8H,3-6,9H2,1-2H3. The van der Waals surface area contributed by atoms with Crippen LogP contribution in [0.25, 0.3) is 0 Å². The Hall–Kier alpha value is -0.0800. The molecule has 0 amide bonds. The van der Waals surface area contributed by atoms with Crippen LogP contribution >= 0.6 is 0 Å². The summed E-state index contributed by atoms with van der Waals surface area (Å²) >= 11 is 0. The summed E-state index contributed by atoms with van der Waals surface area (Å²) in [5.41, 5.74) is 5.42. The van der Waals surface area contributed by atoms with Gasteiger partial charge in [0.25, 0.3) is 0 Å². The van der Waals surface area contributed by atoms with Gasteiger partial charge in [0.05, 0.1) is 0 Å². The van der Waals surface area contributed by atoms with Gasteiger partial charge in [0.1, 0.15) is 0 Å². The highest BCUT2D eigenvalue weighted by molar-refractivity contribution is 4.81. The Morgan fingerprint density at radius 1 is 1.50 bits per heavy atom. The van der Waals surface area contributed by atoms with Crippen LogP contribution in [0.5, 0.6) is 0 Å². The molecule has 2 nitrogen and oxygen atoms in total. The average Bonchev–Trinajstić information content (AvgIpc) is 1.76. The van der Waals surface area contributed by atoms with E-state index in [1.54, 1.807) is 0 Å². The van der Waals surface area contributed by atoms with Crippen molar-refractivity contribution in [2.75, 3.05) is 26.2 Å². The Kier molecular flexibility index (Phi) is 2.69. The summed E-state index contributed by atoms with van der Waals surface area (Å²) in [6.45, 7) is 9.03. The van der Waals surface area contributed by atoms with Gasteiger partial charge in [-0.1, -0.05) is 13.8 Å². The van der Waals surface area contributed by atoms with Crippen LogP contribution in [-0.2, 0) is 0 Å². The van der Waals surface area contributed by atoms with Crippen LogP contribution in [0, 0.1) is 11.8 Å². The van der Waals surface area contributed by atoms with Gasteiger partial charge in [0.15, 0.2) is 0 Å². The molecule has 10 heavy (non-hydrogen) atoms. The number of hydrogen-bond acceptors (Lipinski definition) is 2. The minimum absolute atomic E-state index is 0.810. The van der Waals surface area contributed by atoms with Crippen molar-refractivity contribution in [2.45, 2.75) is 13.8 Å². The maximum Gasteiger partial charge on any atom is 0.0105 e. The molecule has 0 aromatic heterocycles. The summed E-state index contributed by atoms with van der Waals surface area (Å²) in [5.74, 6) is 1.79. The number of rotatable bonds is 3. The van der Waals surface area contributed by atoms with E-state index < -0.39 is 0 Å². The second kappa shape index (κ2) is 3.35. The molecule has 1 saturated heterocycles. The molecule has 0 aromatic carbocycles. The number of nitrogens with two attached hydrogens (primary N) is 1. The topological polar surface area (TPSA) is 29.3 Å². The molecule has 0 radical (unpaired) electrons. The van der Waals surface area contributed by atoms with E-state index in [0.717, 1.165) is 24.9 Å². The Labute approximate surface area is 63.4 Å². The molecule has 1 fully saturated rings. The van der Waals surface area contributed by atoms with E-state index in [9.17, 15) is 0 Å². The molecule has 0 spiro atoms. The second-order valence-corrected chi connectivity index (χ2v) is 3.55. The normalized spacial score (nSPS) is 21.6. The third kappa shape index (κ3) is 1.70. The lowest BCUT2D eigenvalue weighted by Crippen LogP contribution is -2.50. The largest absolute Gasteiger partial charge is 0.329 e. The van der Waals surface area contributed by atoms with Gasteiger partial charge in [0, 0.05) is 26.2 Å². The van der Waals surface area contributed by atoms with E-state index in [1.165, 1.54) is 13.1 Å². The van der Waals surface area contributed by atoms with Gasteiger partial charge >= 0.3 is 0 Å². The summed E-state index contributed by atoms with van der Waals surface area (Å²) in [5, 5.41) is 0. The molecule has 2 N–H and O–H groups in total. The van der Waals surface area contributed by atoms with Crippen LogP contribution in [0.1, 0.15) is 13.8 Å². The molecule has 1 aliphatic heterocycles. The van der Waals surface area contributed by atoms with Crippen LogP contribution in [-0.4, -0.2) is 31.1 Å². The monoisotopic (exact) mass is 142 g/mol. The number of hydrogen-bond donors (Lipinski definition) is 1. The average molecular weight is 142 g/mol. The van der Waals surface area contributed by atoms with Gasteiger partial charge in [-0.25, -0.2) is 0 Å². The lowest BCUT2D eigenvalue weighted by molar-refractivity contribution is 0.0720. The molecule has 2 heteroatoms. The van der Waals surface area contributed by atoms with Crippen molar-refractivity contribution in [3.05, 3.63) is 0 Å². The fraction of sp³-hybridized carbons (Fsp3) is 1.00. The van der Waals surface area contributed by atoms with Crippen molar-refractivity contribution >= 4 is 0 Å². The molecule has 0 aromatic rings. The van der Waals surface area contributed by atoms with Crippen molar-refractivity contribution < 1.29 is 0 Å². The minimum Gasteiger partial charge on any atom is -0.329 e. The Morgan fingerprint density at radius 3 is 2.50 bits per heavy atom. The van der Waals surface area contributed by atoms with E-state index in [4.69, 9.17) is 5.73 Å². The van der Waals surface area contributed by atoms with Crippen molar-refractivity contribution in [3.63, 3.8) is 0 Å². The lowest BCUT2D eigenvalue weighted by atomic mass is 9.88. The third-order valence-corrected chi connectivity index (χ3v) is 2.37. The van der Waals surface area contributed by atoms with Gasteiger partial charge in [-0.05, 0) is 11.8 Å². The Bertz CT molecular complexity index is 95.4. The quantitative estimate of drug-likeness (QED) is 0.623. The van der Waals surface area contributed by atoms with E-state index in [0.29, 0.717) is 0 Å². The van der Waals surface area contributed by atoms with Gasteiger partial charge in [0.2, 0.25) is 0 Å². The first-order chi connectivity index (χ1) is 4.74. The molecule has 1 rings (SSSR count). The molecule has 1 aliphatic rings. The molecule has 1 heterocycles. The van der Waals surface area contributed by atoms with Gasteiger partial charge < -0.3 is 10.6 Å². The smallest absolute Gasteiger partial charge is 0.0105 e. The zero-order chi connectivity index (χ0) is 7.56. The van der Waals surface area contributed by atoms with E-state index in [-0.39, 0.29) is 0 Å². The zero-order valence-corrected chi connectivity index (χ0v) is 7.01. The Balaban J connectivity index is 2.06. The third-order valence-electron chi connectivity index (χ3n) is 2.37. The molecule has 0 bridgehead atoms. The molecular formula is C8H18N2. The minimum atomic E-state index is 0.810. The molecule has 0 aliphatic carbocycles. The summed E-state index contributed by atoms with van der Waals surface area (Å²) in [4.78, 5) is 2.42. The molecule has 0 unspecified atom stereocenters. The second-order valence-electron chi connectivity index (χ2n) is 3.55. The van der Waals surface area contributed by atoms with Gasteiger partial charge in [-0.3, -0.25) is 0 Å². The summed E-state index contributed by atoms with van der Waals surface area (Å²) < 4.78 is 0. The highest BCUT2D eigenvalue weighted by Gasteiger charge is 2.27. The maximum absolute atomic E-state index is 5.42. The first-order valence-corrected chi connectivity index (χ1v) is 4.16. The fourth-order valence-corrected chi connectivity index (χ4v) is 1.40. The molecule has 0 atom stereocenters. The van der Waals surface area contributed by atoms with E-state index in [1.807, 2.05) is 0 Å². The highest BCUT2D eigenvalue weighted by Crippen LogP contribution is 2.22. The van der Waals surface area contributed by atoms with E-state index >= 15 is 0 Å². The van der Waals surface area contributed by atoms with Crippen LogP contribution in [0.2, 0.25) is 0 Å². The summed E-state index contributed by atoms with van der Waals surface area (Å²) in [6, 6.07) is 0. The van der Waals surface area contributed by atoms with Crippen molar-refractivity contribution in [3.8, 4) is 0 Å². The van der Waals surface area contributed by atoms with Crippen LogP contribution in [0.15, 0.2) is 0 Å². The zero-order valence-electron chi connectivity index (χ0n) is 7.01. The Morgan fingerprint density at radius 2 is 2.10 bits per heavy atom. The maximum atomic E-state index is 5.42. The van der Waals surface area contributed by atoms with Crippen molar-refractivity contribution in [1.29, 1.82) is 0 Å². The molecular weight excluding hydrogens is 124 g/mol. The summed E-state index contributed by atoms with van der Waals surface area (Å²) in [7, 11) is 0. The van der Waals surface area contributed by atoms with Crippen LogP contribution < -0.4 is 5.73 Å². The number of likely N-dealkylation sites (tertiary alicyclic amines) is 1. The SMILES string of the molecule is CC(C)C1CN(CCN)C1. The van der Waals surface area contributed by atoms with Crippen LogP contribution in [0.3, 0.4) is 0 Å².